The Kier molecular flexibility index (Phi) is 7.19. The lowest BCUT2D eigenvalue weighted by atomic mass is 9.90. The van der Waals surface area contributed by atoms with Gasteiger partial charge < -0.3 is 25.2 Å². The lowest BCUT2D eigenvalue weighted by Gasteiger charge is -2.26. The minimum absolute atomic E-state index is 0.114. The van der Waals surface area contributed by atoms with E-state index < -0.39 is 47.9 Å². The Morgan fingerprint density at radius 3 is 1.32 bits per heavy atom. The third kappa shape index (κ3) is 4.44. The van der Waals surface area contributed by atoms with Gasteiger partial charge in [-0.15, -0.1) is 0 Å². The van der Waals surface area contributed by atoms with Crippen LogP contribution in [0.5, 0.6) is 0 Å². The highest BCUT2D eigenvalue weighted by atomic mass is 16.6. The Hall–Kier alpha value is -3.24. The number of benzene rings is 2. The topological polar surface area (TPSA) is 158 Å². The summed E-state index contributed by atoms with van der Waals surface area (Å²) in [6.45, 7) is 0.172. The maximum absolute atomic E-state index is 12.7. The molecular formula is C22H22O9. The van der Waals surface area contributed by atoms with Crippen LogP contribution in [0.25, 0.3) is 0 Å². The van der Waals surface area contributed by atoms with Gasteiger partial charge in [0.25, 0.3) is 0 Å². The van der Waals surface area contributed by atoms with Gasteiger partial charge in [0.15, 0.2) is 0 Å². The van der Waals surface area contributed by atoms with Gasteiger partial charge in [0.2, 0.25) is 22.8 Å². The summed E-state index contributed by atoms with van der Waals surface area (Å²) < 4.78 is 4.39. The van der Waals surface area contributed by atoms with E-state index in [0.29, 0.717) is 11.1 Å². The fourth-order valence-corrected chi connectivity index (χ4v) is 2.81. The maximum Gasteiger partial charge on any atom is 0.356 e. The van der Waals surface area contributed by atoms with E-state index in [4.69, 9.17) is 0 Å². The monoisotopic (exact) mass is 430 g/mol. The summed E-state index contributed by atoms with van der Waals surface area (Å²) in [6.07, 6.45) is 0. The van der Waals surface area contributed by atoms with E-state index in [1.165, 1.54) is 50.2 Å². The summed E-state index contributed by atoms with van der Waals surface area (Å²) in [4.78, 5) is 50.2. The predicted molar refractivity (Wildman–Crippen MR) is 106 cm³/mol. The van der Waals surface area contributed by atoms with Crippen molar-refractivity contribution in [2.75, 3.05) is 13.2 Å². The van der Waals surface area contributed by atoms with Gasteiger partial charge in [-0.25, -0.2) is 9.59 Å². The summed E-state index contributed by atoms with van der Waals surface area (Å²) in [5.41, 5.74) is -5.83. The standard InChI is InChI=1S/C22H22O9/c1-13-7-3-5-9-15(13)17(25)21(29,11-23)19(27)31-20(28)22(30,12-24)18(26)16-10-6-4-8-14(16)2/h3-10,23-24,29-30H,11-12H2,1-2H3. The number of hydrogen-bond acceptors (Lipinski definition) is 9. The summed E-state index contributed by atoms with van der Waals surface area (Å²) in [5, 5.41) is 40.0. The summed E-state index contributed by atoms with van der Waals surface area (Å²) in [6, 6.07) is 11.7. The number of hydrogen-bond donors (Lipinski definition) is 4. The van der Waals surface area contributed by atoms with Crippen molar-refractivity contribution >= 4 is 23.5 Å². The third-order valence-electron chi connectivity index (χ3n) is 4.85. The largest absolute Gasteiger partial charge is 0.392 e. The van der Waals surface area contributed by atoms with Crippen LogP contribution in [0.3, 0.4) is 0 Å². The molecule has 0 saturated heterocycles. The highest BCUT2D eigenvalue weighted by Crippen LogP contribution is 2.22. The summed E-state index contributed by atoms with van der Waals surface area (Å²) in [5.74, 6) is -6.30. The number of carbonyl (C=O) groups excluding carboxylic acids is 4. The van der Waals surface area contributed by atoms with E-state index in [1.54, 1.807) is 12.1 Å². The maximum atomic E-state index is 12.7. The summed E-state index contributed by atoms with van der Waals surface area (Å²) >= 11 is 0. The van der Waals surface area contributed by atoms with Crippen molar-refractivity contribution in [1.82, 2.24) is 0 Å². The number of aryl methyl sites for hydroxylation is 2. The zero-order chi connectivity index (χ0) is 23.4. The minimum atomic E-state index is -3.18. The molecule has 2 atom stereocenters. The van der Waals surface area contributed by atoms with Gasteiger partial charge in [0.05, 0.1) is 13.2 Å². The van der Waals surface area contributed by atoms with Crippen molar-refractivity contribution in [3.63, 3.8) is 0 Å². The molecule has 0 aliphatic heterocycles. The van der Waals surface area contributed by atoms with Gasteiger partial charge in [-0.3, -0.25) is 9.59 Å². The average molecular weight is 430 g/mol. The molecule has 0 fully saturated rings. The van der Waals surface area contributed by atoms with E-state index in [1.807, 2.05) is 0 Å². The Labute approximate surface area is 177 Å². The smallest absolute Gasteiger partial charge is 0.356 e. The van der Waals surface area contributed by atoms with E-state index in [-0.39, 0.29) is 11.1 Å². The zero-order valence-corrected chi connectivity index (χ0v) is 16.9. The number of rotatable bonds is 8. The van der Waals surface area contributed by atoms with Gasteiger partial charge in [-0.1, -0.05) is 48.5 Å². The molecule has 0 amide bonds. The zero-order valence-electron chi connectivity index (χ0n) is 16.9. The van der Waals surface area contributed by atoms with Crippen molar-refractivity contribution in [2.45, 2.75) is 25.0 Å². The highest BCUT2D eigenvalue weighted by Gasteiger charge is 2.52. The van der Waals surface area contributed by atoms with Crippen LogP contribution in [0.1, 0.15) is 31.8 Å². The van der Waals surface area contributed by atoms with Crippen LogP contribution in [0.15, 0.2) is 48.5 Å². The molecule has 0 aliphatic carbocycles. The molecule has 0 aliphatic rings. The molecule has 4 N–H and O–H groups in total. The first-order valence-corrected chi connectivity index (χ1v) is 9.17. The average Bonchev–Trinajstić information content (AvgIpc) is 2.77. The fourth-order valence-electron chi connectivity index (χ4n) is 2.81. The van der Waals surface area contributed by atoms with Crippen LogP contribution in [0.4, 0.5) is 0 Å². The predicted octanol–water partition coefficient (Wildman–Crippen LogP) is -0.114. The molecule has 9 heteroatoms. The van der Waals surface area contributed by atoms with Gasteiger partial charge in [0.1, 0.15) is 0 Å². The highest BCUT2D eigenvalue weighted by molar-refractivity contribution is 6.21. The number of carbonyl (C=O) groups is 4. The van der Waals surface area contributed by atoms with Crippen LogP contribution in [-0.4, -0.2) is 68.3 Å². The van der Waals surface area contributed by atoms with Crippen LogP contribution in [0, 0.1) is 13.8 Å². The molecule has 0 saturated carbocycles. The Morgan fingerprint density at radius 1 is 0.710 bits per heavy atom. The van der Waals surface area contributed by atoms with Gasteiger partial charge in [0, 0.05) is 11.1 Å². The molecule has 0 heterocycles. The second-order valence-electron chi connectivity index (χ2n) is 7.00. The number of ketones is 2. The number of ether oxygens (including phenoxy) is 1. The Bertz CT molecular complexity index is 948. The normalized spacial score (nSPS) is 14.8. The second kappa shape index (κ2) is 9.27. The molecule has 0 radical (unpaired) electrons. The molecule has 0 aromatic heterocycles. The van der Waals surface area contributed by atoms with E-state index in [9.17, 15) is 39.6 Å². The van der Waals surface area contributed by atoms with Crippen LogP contribution in [0.2, 0.25) is 0 Å². The molecule has 0 bridgehead atoms. The van der Waals surface area contributed by atoms with Gasteiger partial charge in [-0.2, -0.15) is 0 Å². The number of Topliss-reactive ketones (excluding diaryl/α,β-unsaturated/α-hetero) is 2. The molecule has 31 heavy (non-hydrogen) atoms. The van der Waals surface area contributed by atoms with Crippen LogP contribution < -0.4 is 0 Å². The van der Waals surface area contributed by atoms with Crippen LogP contribution >= 0.6 is 0 Å². The third-order valence-corrected chi connectivity index (χ3v) is 4.85. The van der Waals surface area contributed by atoms with E-state index in [0.717, 1.165) is 0 Å². The van der Waals surface area contributed by atoms with Crippen molar-refractivity contribution in [1.29, 1.82) is 0 Å². The van der Waals surface area contributed by atoms with Gasteiger partial charge >= 0.3 is 11.9 Å². The van der Waals surface area contributed by atoms with Crippen LogP contribution in [-0.2, 0) is 14.3 Å². The van der Waals surface area contributed by atoms with Crippen molar-refractivity contribution < 1.29 is 44.3 Å². The van der Waals surface area contributed by atoms with Crippen molar-refractivity contribution in [3.05, 3.63) is 70.8 Å². The van der Waals surface area contributed by atoms with Gasteiger partial charge in [-0.05, 0) is 25.0 Å². The fraction of sp³-hybridized carbons (Fsp3) is 0.273. The van der Waals surface area contributed by atoms with Crippen molar-refractivity contribution in [3.8, 4) is 0 Å². The molecule has 2 rings (SSSR count). The molecule has 0 spiro atoms. The Balaban J connectivity index is 2.34. The minimum Gasteiger partial charge on any atom is -0.392 e. The molecule has 9 nitrogen and oxygen atoms in total. The SMILES string of the molecule is Cc1ccccc1C(=O)C(O)(CO)C(=O)OC(=O)C(O)(CO)C(=O)c1ccccc1C. The van der Waals surface area contributed by atoms with Crippen molar-refractivity contribution in [2.24, 2.45) is 0 Å². The Morgan fingerprint density at radius 2 is 1.03 bits per heavy atom. The van der Waals surface area contributed by atoms with E-state index in [2.05, 4.69) is 4.74 Å². The lowest BCUT2D eigenvalue weighted by molar-refractivity contribution is -0.182. The second-order valence-corrected chi connectivity index (χ2v) is 7.00. The molecule has 2 aromatic carbocycles. The quantitative estimate of drug-likeness (QED) is 0.255. The number of esters is 2. The lowest BCUT2D eigenvalue weighted by Crippen LogP contribution is -2.56. The summed E-state index contributed by atoms with van der Waals surface area (Å²) in [7, 11) is 0. The van der Waals surface area contributed by atoms with E-state index >= 15 is 0 Å². The first-order chi connectivity index (χ1) is 14.5. The first-order valence-electron chi connectivity index (χ1n) is 9.17. The molecule has 2 aromatic rings. The number of aliphatic hydroxyl groups is 4. The molecular weight excluding hydrogens is 408 g/mol. The number of aliphatic hydroxyl groups excluding tert-OH is 2. The first kappa shape index (κ1) is 24.0. The molecule has 164 valence electrons. The molecule has 2 unspecified atom stereocenters.